The maximum atomic E-state index is 13.1. The molecule has 1 aliphatic rings. The lowest BCUT2D eigenvalue weighted by atomic mass is 10.1. The number of piperazine rings is 1. The molecule has 0 aliphatic carbocycles. The number of carboxylic acids is 1. The van der Waals surface area contributed by atoms with E-state index in [1.807, 2.05) is 62.0 Å². The van der Waals surface area contributed by atoms with Gasteiger partial charge in [0.05, 0.1) is 6.10 Å². The van der Waals surface area contributed by atoms with Crippen molar-refractivity contribution in [2.45, 2.75) is 39.0 Å². The van der Waals surface area contributed by atoms with Gasteiger partial charge in [0.1, 0.15) is 0 Å². The minimum Gasteiger partial charge on any atom is -0.475 e. The number of hydrogen-bond acceptors (Lipinski definition) is 6. The van der Waals surface area contributed by atoms with Crippen LogP contribution >= 0.6 is 0 Å². The predicted octanol–water partition coefficient (Wildman–Crippen LogP) is 2.47. The Kier molecular flexibility index (Phi) is 13.2. The van der Waals surface area contributed by atoms with E-state index in [1.54, 1.807) is 4.90 Å². The highest BCUT2D eigenvalue weighted by Gasteiger charge is 2.38. The van der Waals surface area contributed by atoms with E-state index in [-0.39, 0.29) is 17.9 Å². The summed E-state index contributed by atoms with van der Waals surface area (Å²) in [5.74, 6) is -2.67. The van der Waals surface area contributed by atoms with Gasteiger partial charge in [0, 0.05) is 77.6 Å². The maximum absolute atomic E-state index is 13.1. The van der Waals surface area contributed by atoms with Crippen molar-refractivity contribution in [1.29, 1.82) is 0 Å². The molecule has 1 aliphatic heterocycles. The Morgan fingerprint density at radius 1 is 1.08 bits per heavy atom. The maximum Gasteiger partial charge on any atom is 0.490 e. The van der Waals surface area contributed by atoms with E-state index in [0.717, 1.165) is 38.3 Å². The van der Waals surface area contributed by atoms with Crippen LogP contribution in [0, 0.1) is 0 Å². The van der Waals surface area contributed by atoms with Crippen molar-refractivity contribution in [3.05, 3.63) is 29.8 Å². The number of carbonyl (C=O) groups excluding carboxylic acids is 2. The predicted molar refractivity (Wildman–Crippen MR) is 130 cm³/mol. The third kappa shape index (κ3) is 11.7. The Balaban J connectivity index is 0.000000809. The number of aliphatic carboxylic acids is 1. The molecule has 1 heterocycles. The molecule has 0 radical (unpaired) electrons. The lowest BCUT2D eigenvalue weighted by Crippen LogP contribution is -2.47. The van der Waals surface area contributed by atoms with Crippen LogP contribution in [0.25, 0.3) is 0 Å². The molecule has 1 aromatic carbocycles. The van der Waals surface area contributed by atoms with Gasteiger partial charge in [-0.15, -0.1) is 0 Å². The van der Waals surface area contributed by atoms with Gasteiger partial charge in [-0.1, -0.05) is 0 Å². The highest BCUT2D eigenvalue weighted by molar-refractivity contribution is 5.94. The molecular formula is C24H37F3N4O5. The van der Waals surface area contributed by atoms with Crippen LogP contribution in [-0.4, -0.2) is 105 Å². The van der Waals surface area contributed by atoms with Crippen molar-refractivity contribution in [2.24, 2.45) is 0 Å². The molecular weight excluding hydrogens is 481 g/mol. The van der Waals surface area contributed by atoms with Crippen molar-refractivity contribution in [2.75, 3.05) is 64.9 Å². The molecule has 12 heteroatoms. The first-order chi connectivity index (χ1) is 16.8. The van der Waals surface area contributed by atoms with Crippen LogP contribution in [-0.2, 0) is 14.3 Å². The first-order valence-electron chi connectivity index (χ1n) is 11.8. The summed E-state index contributed by atoms with van der Waals surface area (Å²) in [6.07, 6.45) is -3.80. The number of alkyl halides is 3. The van der Waals surface area contributed by atoms with Crippen molar-refractivity contribution < 1.29 is 37.4 Å². The number of anilines is 1. The number of amides is 2. The minimum absolute atomic E-state index is 0.0343. The Hall–Kier alpha value is -2.86. The first-order valence-corrected chi connectivity index (χ1v) is 11.8. The molecule has 0 unspecified atom stereocenters. The van der Waals surface area contributed by atoms with Crippen molar-refractivity contribution in [1.82, 2.24) is 15.1 Å². The number of carboxylic acid groups (broad SMARTS) is 1. The van der Waals surface area contributed by atoms with Crippen LogP contribution in [0.5, 0.6) is 0 Å². The summed E-state index contributed by atoms with van der Waals surface area (Å²) in [5, 5.41) is 10.4. The molecule has 2 rings (SSSR count). The summed E-state index contributed by atoms with van der Waals surface area (Å²) in [4.78, 5) is 40.2. The average Bonchev–Trinajstić information content (AvgIpc) is 2.83. The quantitative estimate of drug-likeness (QED) is 0.459. The second-order valence-electron chi connectivity index (χ2n) is 8.69. The lowest BCUT2D eigenvalue weighted by Gasteiger charge is -2.29. The van der Waals surface area contributed by atoms with Gasteiger partial charge < -0.3 is 29.9 Å². The minimum atomic E-state index is -5.08. The first kappa shape index (κ1) is 31.2. The van der Waals surface area contributed by atoms with Gasteiger partial charge in [-0.05, 0) is 44.5 Å². The molecule has 0 bridgehead atoms. The molecule has 1 aromatic rings. The summed E-state index contributed by atoms with van der Waals surface area (Å²) in [6, 6.07) is 7.60. The van der Waals surface area contributed by atoms with Crippen molar-refractivity contribution >= 4 is 23.5 Å². The Bertz CT molecular complexity index is 826. The molecule has 9 nitrogen and oxygen atoms in total. The van der Waals surface area contributed by atoms with Crippen LogP contribution < -0.4 is 10.2 Å². The van der Waals surface area contributed by atoms with E-state index in [2.05, 4.69) is 5.32 Å². The number of hydrogen-bond donors (Lipinski definition) is 2. The van der Waals surface area contributed by atoms with E-state index in [0.29, 0.717) is 31.7 Å². The van der Waals surface area contributed by atoms with E-state index in [1.165, 1.54) is 0 Å². The zero-order valence-corrected chi connectivity index (χ0v) is 21.3. The monoisotopic (exact) mass is 518 g/mol. The molecule has 1 saturated heterocycles. The topological polar surface area (TPSA) is 102 Å². The molecule has 0 atom stereocenters. The van der Waals surface area contributed by atoms with Crippen molar-refractivity contribution in [3.63, 3.8) is 0 Å². The average molecular weight is 519 g/mol. The molecule has 1 fully saturated rings. The zero-order valence-electron chi connectivity index (χ0n) is 21.3. The third-order valence-electron chi connectivity index (χ3n) is 5.25. The molecule has 2 amide bonds. The summed E-state index contributed by atoms with van der Waals surface area (Å²) < 4.78 is 37.4. The largest absolute Gasteiger partial charge is 0.490 e. The second-order valence-corrected chi connectivity index (χ2v) is 8.69. The Labute approximate surface area is 210 Å². The number of carbonyl (C=O) groups is 3. The standard InChI is InChI=1S/C22H36N4O3.C2HF3O2/c1-18(2)29-17-5-13-26(14-10-21(27)25-15-11-23-12-16-25)22(28)19-6-8-20(9-7-19)24(3)4;3-2(4,5)1(6)7/h6-9,18,23H,5,10-17H2,1-4H3;(H,6,7). The number of ether oxygens (including phenoxy) is 1. The fourth-order valence-corrected chi connectivity index (χ4v) is 3.28. The highest BCUT2D eigenvalue weighted by Crippen LogP contribution is 2.15. The molecule has 0 aromatic heterocycles. The van der Waals surface area contributed by atoms with Crippen molar-refractivity contribution in [3.8, 4) is 0 Å². The molecule has 0 saturated carbocycles. The summed E-state index contributed by atoms with van der Waals surface area (Å²) >= 11 is 0. The van der Waals surface area contributed by atoms with Crippen LogP contribution in [0.15, 0.2) is 24.3 Å². The molecule has 0 spiro atoms. The normalized spacial score (nSPS) is 13.6. The summed E-state index contributed by atoms with van der Waals surface area (Å²) in [7, 11) is 3.94. The van der Waals surface area contributed by atoms with Crippen LogP contribution in [0.3, 0.4) is 0 Å². The fourth-order valence-electron chi connectivity index (χ4n) is 3.28. The zero-order chi connectivity index (χ0) is 27.3. The smallest absolute Gasteiger partial charge is 0.475 e. The number of nitrogens with zero attached hydrogens (tertiary/aromatic N) is 3. The van der Waals surface area contributed by atoms with Gasteiger partial charge in [-0.2, -0.15) is 13.2 Å². The van der Waals surface area contributed by atoms with Gasteiger partial charge in [-0.3, -0.25) is 9.59 Å². The number of rotatable bonds is 10. The van der Waals surface area contributed by atoms with Gasteiger partial charge in [-0.25, -0.2) is 4.79 Å². The van der Waals surface area contributed by atoms with Gasteiger partial charge in [0.2, 0.25) is 5.91 Å². The van der Waals surface area contributed by atoms with Crippen LogP contribution in [0.4, 0.5) is 18.9 Å². The van der Waals surface area contributed by atoms with Gasteiger partial charge >= 0.3 is 12.1 Å². The van der Waals surface area contributed by atoms with E-state index in [9.17, 15) is 22.8 Å². The van der Waals surface area contributed by atoms with Crippen LogP contribution in [0.1, 0.15) is 37.0 Å². The van der Waals surface area contributed by atoms with E-state index < -0.39 is 12.1 Å². The summed E-state index contributed by atoms with van der Waals surface area (Å²) in [5.41, 5.74) is 1.70. The molecule has 2 N–H and O–H groups in total. The van der Waals surface area contributed by atoms with Gasteiger partial charge in [0.25, 0.3) is 5.91 Å². The fraction of sp³-hybridized carbons (Fsp3) is 0.625. The number of benzene rings is 1. The SMILES string of the molecule is CC(C)OCCCN(CCC(=O)N1CCNCC1)C(=O)c1ccc(N(C)C)cc1.O=C(O)C(F)(F)F. The second kappa shape index (κ2) is 15.3. The third-order valence-corrected chi connectivity index (χ3v) is 5.25. The summed E-state index contributed by atoms with van der Waals surface area (Å²) in [6.45, 7) is 8.75. The number of halogens is 3. The van der Waals surface area contributed by atoms with Crippen LogP contribution in [0.2, 0.25) is 0 Å². The Morgan fingerprint density at radius 3 is 2.11 bits per heavy atom. The lowest BCUT2D eigenvalue weighted by molar-refractivity contribution is -0.192. The van der Waals surface area contributed by atoms with E-state index >= 15 is 0 Å². The molecule has 36 heavy (non-hydrogen) atoms. The van der Waals surface area contributed by atoms with E-state index in [4.69, 9.17) is 14.6 Å². The number of nitrogens with one attached hydrogen (secondary N) is 1. The Morgan fingerprint density at radius 2 is 1.64 bits per heavy atom. The highest BCUT2D eigenvalue weighted by atomic mass is 19.4. The molecule has 204 valence electrons. The van der Waals surface area contributed by atoms with Gasteiger partial charge in [0.15, 0.2) is 0 Å².